The van der Waals surface area contributed by atoms with Gasteiger partial charge in [-0.05, 0) is 54.1 Å². The number of amides is 1. The van der Waals surface area contributed by atoms with E-state index in [0.29, 0.717) is 22.1 Å². The average Bonchev–Trinajstić information content (AvgIpc) is 3.27. The second-order valence-electron chi connectivity index (χ2n) is 7.07. The quantitative estimate of drug-likeness (QED) is 0.377. The molecule has 0 aliphatic heterocycles. The molecule has 0 aliphatic carbocycles. The predicted molar refractivity (Wildman–Crippen MR) is 127 cm³/mol. The van der Waals surface area contributed by atoms with Gasteiger partial charge < -0.3 is 9.47 Å². The zero-order chi connectivity index (χ0) is 23.4. The van der Waals surface area contributed by atoms with Crippen molar-refractivity contribution in [2.75, 3.05) is 24.9 Å². The van der Waals surface area contributed by atoms with E-state index in [-0.39, 0.29) is 11.4 Å². The average molecular weight is 484 g/mol. The van der Waals surface area contributed by atoms with Crippen LogP contribution in [0.1, 0.15) is 5.56 Å². The Morgan fingerprint density at radius 2 is 1.73 bits per heavy atom. The third kappa shape index (κ3) is 4.96. The van der Waals surface area contributed by atoms with Crippen molar-refractivity contribution in [1.29, 1.82) is 0 Å². The summed E-state index contributed by atoms with van der Waals surface area (Å²) in [6, 6.07) is 15.0. The topological polar surface area (TPSA) is 98.7 Å². The monoisotopic (exact) mass is 483 g/mol. The standard InChI is InChI=1S/C23H21N3O5S2/c1-30-17-6-8-18(9-7-17)33(28,29)15-21(27)26(14-16-10-12-24-13-11-16)23-25-22-19(31-2)4-3-5-20(22)32-23/h3-13H,14-15H2,1-2H3. The Morgan fingerprint density at radius 1 is 1.00 bits per heavy atom. The summed E-state index contributed by atoms with van der Waals surface area (Å²) in [5.41, 5.74) is 1.41. The summed E-state index contributed by atoms with van der Waals surface area (Å²) in [5, 5.41) is 0.390. The van der Waals surface area contributed by atoms with Crippen LogP contribution in [0.15, 0.2) is 71.9 Å². The summed E-state index contributed by atoms with van der Waals surface area (Å²) in [6.07, 6.45) is 3.24. The van der Waals surface area contributed by atoms with Gasteiger partial charge in [0.05, 0.1) is 30.4 Å². The number of rotatable bonds is 8. The number of aromatic nitrogens is 2. The molecule has 0 radical (unpaired) electrons. The number of carbonyl (C=O) groups is 1. The van der Waals surface area contributed by atoms with E-state index in [2.05, 4.69) is 9.97 Å². The molecule has 0 N–H and O–H groups in total. The number of methoxy groups -OCH3 is 2. The Kier molecular flexibility index (Phi) is 6.57. The van der Waals surface area contributed by atoms with Crippen LogP contribution in [0, 0.1) is 0 Å². The fourth-order valence-corrected chi connectivity index (χ4v) is 5.43. The molecule has 170 valence electrons. The van der Waals surface area contributed by atoms with E-state index in [1.54, 1.807) is 49.8 Å². The highest BCUT2D eigenvalue weighted by atomic mass is 32.2. The molecule has 4 aromatic rings. The molecule has 0 bridgehead atoms. The summed E-state index contributed by atoms with van der Waals surface area (Å²) in [5.74, 6) is -0.168. The third-order valence-corrected chi connectivity index (χ3v) is 7.61. The molecule has 2 aromatic heterocycles. The number of fused-ring (bicyclic) bond motifs is 1. The molecule has 8 nitrogen and oxygen atoms in total. The lowest BCUT2D eigenvalue weighted by molar-refractivity contribution is -0.116. The van der Waals surface area contributed by atoms with Gasteiger partial charge in [-0.15, -0.1) is 0 Å². The third-order valence-electron chi connectivity index (χ3n) is 4.94. The lowest BCUT2D eigenvalue weighted by atomic mass is 10.2. The van der Waals surface area contributed by atoms with Crippen molar-refractivity contribution in [3.8, 4) is 11.5 Å². The van der Waals surface area contributed by atoms with Crippen LogP contribution in [0.2, 0.25) is 0 Å². The molecule has 1 amide bonds. The number of hydrogen-bond acceptors (Lipinski definition) is 8. The minimum Gasteiger partial charge on any atom is -0.497 e. The van der Waals surface area contributed by atoms with Crippen LogP contribution in [-0.4, -0.2) is 44.3 Å². The first-order valence-electron chi connectivity index (χ1n) is 9.91. The molecule has 0 saturated heterocycles. The summed E-state index contributed by atoms with van der Waals surface area (Å²) < 4.78 is 37.2. The predicted octanol–water partition coefficient (Wildman–Crippen LogP) is 3.72. The molecule has 0 spiro atoms. The largest absolute Gasteiger partial charge is 0.497 e. The molecule has 0 fully saturated rings. The number of anilines is 1. The van der Waals surface area contributed by atoms with Crippen molar-refractivity contribution in [2.45, 2.75) is 11.4 Å². The van der Waals surface area contributed by atoms with Crippen molar-refractivity contribution in [1.82, 2.24) is 9.97 Å². The van der Waals surface area contributed by atoms with Crippen molar-refractivity contribution in [3.63, 3.8) is 0 Å². The zero-order valence-electron chi connectivity index (χ0n) is 18.0. The maximum Gasteiger partial charge on any atom is 0.244 e. The van der Waals surface area contributed by atoms with E-state index in [1.807, 2.05) is 12.1 Å². The van der Waals surface area contributed by atoms with E-state index in [1.165, 1.54) is 35.5 Å². The number of thiazole rings is 1. The van der Waals surface area contributed by atoms with Gasteiger partial charge in [-0.1, -0.05) is 17.4 Å². The molecule has 4 rings (SSSR count). The number of sulfone groups is 1. The summed E-state index contributed by atoms with van der Waals surface area (Å²) in [7, 11) is -0.832. The van der Waals surface area contributed by atoms with Crippen molar-refractivity contribution < 1.29 is 22.7 Å². The van der Waals surface area contributed by atoms with Crippen LogP contribution in [0.5, 0.6) is 11.5 Å². The molecule has 2 aromatic carbocycles. The molecule has 0 saturated carbocycles. The fourth-order valence-electron chi connectivity index (χ4n) is 3.23. The van der Waals surface area contributed by atoms with Gasteiger partial charge in [-0.25, -0.2) is 13.4 Å². The normalized spacial score (nSPS) is 11.3. The molecule has 2 heterocycles. The maximum atomic E-state index is 13.3. The Balaban J connectivity index is 1.69. The van der Waals surface area contributed by atoms with Crippen LogP contribution < -0.4 is 14.4 Å². The number of nitrogens with zero attached hydrogens (tertiary/aromatic N) is 3. The molecule has 0 unspecified atom stereocenters. The molecular formula is C23H21N3O5S2. The Bertz CT molecular complexity index is 1370. The van der Waals surface area contributed by atoms with Crippen molar-refractivity contribution >= 4 is 42.4 Å². The minimum absolute atomic E-state index is 0.0477. The van der Waals surface area contributed by atoms with Gasteiger partial charge in [0.2, 0.25) is 5.91 Å². The van der Waals surface area contributed by atoms with Gasteiger partial charge in [0.25, 0.3) is 0 Å². The van der Waals surface area contributed by atoms with Gasteiger partial charge in [0.1, 0.15) is 22.8 Å². The lowest BCUT2D eigenvalue weighted by Gasteiger charge is -2.20. The van der Waals surface area contributed by atoms with Crippen LogP contribution in [0.4, 0.5) is 5.13 Å². The number of ether oxygens (including phenoxy) is 2. The number of para-hydroxylation sites is 1. The lowest BCUT2D eigenvalue weighted by Crippen LogP contribution is -2.35. The number of pyridine rings is 1. The smallest absolute Gasteiger partial charge is 0.244 e. The maximum absolute atomic E-state index is 13.3. The van der Waals surface area contributed by atoms with E-state index < -0.39 is 21.5 Å². The summed E-state index contributed by atoms with van der Waals surface area (Å²) >= 11 is 1.30. The highest BCUT2D eigenvalue weighted by Gasteiger charge is 2.27. The first-order chi connectivity index (χ1) is 15.9. The minimum atomic E-state index is -3.88. The molecule has 0 aliphatic rings. The summed E-state index contributed by atoms with van der Waals surface area (Å²) in [6.45, 7) is 0.154. The van der Waals surface area contributed by atoms with Gasteiger partial charge >= 0.3 is 0 Å². The highest BCUT2D eigenvalue weighted by Crippen LogP contribution is 2.35. The van der Waals surface area contributed by atoms with Gasteiger partial charge in [0, 0.05) is 12.4 Å². The molecule has 10 heteroatoms. The van der Waals surface area contributed by atoms with Gasteiger partial charge in [-0.2, -0.15) is 0 Å². The summed E-state index contributed by atoms with van der Waals surface area (Å²) in [4.78, 5) is 23.4. The first-order valence-corrected chi connectivity index (χ1v) is 12.4. The Morgan fingerprint density at radius 3 is 2.39 bits per heavy atom. The van der Waals surface area contributed by atoms with E-state index in [0.717, 1.165) is 10.3 Å². The van der Waals surface area contributed by atoms with Gasteiger partial charge in [0.15, 0.2) is 15.0 Å². The molecular weight excluding hydrogens is 462 g/mol. The first kappa shape index (κ1) is 22.7. The van der Waals surface area contributed by atoms with Crippen LogP contribution in [0.3, 0.4) is 0 Å². The second kappa shape index (κ2) is 9.55. The fraction of sp³-hybridized carbons (Fsp3) is 0.174. The SMILES string of the molecule is COc1ccc(S(=O)(=O)CC(=O)N(Cc2ccncc2)c2nc3c(OC)cccc3s2)cc1. The Labute approximate surface area is 195 Å². The van der Waals surface area contributed by atoms with Crippen LogP contribution in [0.25, 0.3) is 10.2 Å². The van der Waals surface area contributed by atoms with Crippen molar-refractivity contribution in [2.24, 2.45) is 0 Å². The molecule has 0 atom stereocenters. The Hall–Kier alpha value is -3.50. The molecule has 33 heavy (non-hydrogen) atoms. The van der Waals surface area contributed by atoms with E-state index in [9.17, 15) is 13.2 Å². The highest BCUT2D eigenvalue weighted by molar-refractivity contribution is 7.92. The number of benzene rings is 2. The number of carbonyl (C=O) groups excluding carboxylic acids is 1. The van der Waals surface area contributed by atoms with E-state index >= 15 is 0 Å². The van der Waals surface area contributed by atoms with Crippen LogP contribution in [-0.2, 0) is 21.2 Å². The van der Waals surface area contributed by atoms with E-state index in [4.69, 9.17) is 9.47 Å². The van der Waals surface area contributed by atoms with Gasteiger partial charge in [-0.3, -0.25) is 14.7 Å². The van der Waals surface area contributed by atoms with Crippen molar-refractivity contribution in [3.05, 3.63) is 72.6 Å². The number of hydrogen-bond donors (Lipinski definition) is 0. The zero-order valence-corrected chi connectivity index (χ0v) is 19.6. The van der Waals surface area contributed by atoms with Crippen LogP contribution >= 0.6 is 11.3 Å². The second-order valence-corrected chi connectivity index (χ2v) is 10.1.